The molecule has 0 atom stereocenters. The molecule has 0 unspecified atom stereocenters. The summed E-state index contributed by atoms with van der Waals surface area (Å²) in [6.07, 6.45) is 2.20. The topological polar surface area (TPSA) is 72.5 Å². The van der Waals surface area contributed by atoms with E-state index in [9.17, 15) is 9.18 Å². The molecule has 1 heterocycles. The van der Waals surface area contributed by atoms with Crippen molar-refractivity contribution in [2.75, 3.05) is 26.1 Å². The first-order valence-corrected chi connectivity index (χ1v) is 9.07. The van der Waals surface area contributed by atoms with Crippen molar-refractivity contribution >= 4 is 17.3 Å². The van der Waals surface area contributed by atoms with Crippen LogP contribution >= 0.6 is 0 Å². The third-order valence-electron chi connectivity index (χ3n) is 4.28. The first-order chi connectivity index (χ1) is 14.1. The van der Waals surface area contributed by atoms with Crippen LogP contribution in [0.15, 0.2) is 60.8 Å². The van der Waals surface area contributed by atoms with Crippen molar-refractivity contribution in [3.05, 3.63) is 77.9 Å². The molecule has 2 aromatic carbocycles. The fraction of sp³-hybridized carbons (Fsp3) is 0.182. The lowest BCUT2D eigenvalue weighted by molar-refractivity contribution is 0.0949. The number of halogens is 1. The number of aromatic nitrogens is 1. The molecule has 0 saturated carbocycles. The van der Waals surface area contributed by atoms with E-state index in [2.05, 4.69) is 15.6 Å². The van der Waals surface area contributed by atoms with Crippen LogP contribution in [0.4, 0.5) is 15.8 Å². The van der Waals surface area contributed by atoms with Gasteiger partial charge in [-0.05, 0) is 48.4 Å². The van der Waals surface area contributed by atoms with Crippen molar-refractivity contribution in [3.63, 3.8) is 0 Å². The summed E-state index contributed by atoms with van der Waals surface area (Å²) in [5, 5.41) is 6.02. The zero-order valence-corrected chi connectivity index (χ0v) is 16.2. The largest absolute Gasteiger partial charge is 0.493 e. The maximum atomic E-state index is 12.9. The average molecular weight is 395 g/mol. The van der Waals surface area contributed by atoms with E-state index < -0.39 is 0 Å². The van der Waals surface area contributed by atoms with E-state index in [-0.39, 0.29) is 11.7 Å². The molecule has 1 aromatic heterocycles. The molecule has 0 radical (unpaired) electrons. The van der Waals surface area contributed by atoms with Crippen LogP contribution in [0.1, 0.15) is 16.1 Å². The molecule has 2 N–H and O–H groups in total. The number of nitrogens with zero attached hydrogens (tertiary/aromatic N) is 1. The Balaban J connectivity index is 1.55. The van der Waals surface area contributed by atoms with Gasteiger partial charge in [-0.15, -0.1) is 0 Å². The smallest absolute Gasteiger partial charge is 0.269 e. The van der Waals surface area contributed by atoms with Crippen LogP contribution in [-0.4, -0.2) is 31.7 Å². The molecule has 29 heavy (non-hydrogen) atoms. The molecule has 0 aliphatic heterocycles. The highest BCUT2D eigenvalue weighted by Crippen LogP contribution is 2.30. The summed E-state index contributed by atoms with van der Waals surface area (Å²) >= 11 is 0. The fourth-order valence-electron chi connectivity index (χ4n) is 2.74. The van der Waals surface area contributed by atoms with Gasteiger partial charge in [-0.25, -0.2) is 9.37 Å². The van der Waals surface area contributed by atoms with Gasteiger partial charge in [0.1, 0.15) is 11.5 Å². The molecule has 0 spiro atoms. The number of rotatable bonds is 8. The zero-order chi connectivity index (χ0) is 20.6. The van der Waals surface area contributed by atoms with Crippen molar-refractivity contribution < 1.29 is 18.7 Å². The molecule has 1 amide bonds. The van der Waals surface area contributed by atoms with Gasteiger partial charge in [0.25, 0.3) is 5.91 Å². The number of carbonyl (C=O) groups is 1. The van der Waals surface area contributed by atoms with Gasteiger partial charge in [-0.2, -0.15) is 0 Å². The summed E-state index contributed by atoms with van der Waals surface area (Å²) in [7, 11) is 3.16. The normalized spacial score (nSPS) is 10.3. The minimum absolute atomic E-state index is 0.259. The number of hydrogen-bond donors (Lipinski definition) is 2. The lowest BCUT2D eigenvalue weighted by Gasteiger charge is -2.11. The van der Waals surface area contributed by atoms with E-state index in [1.807, 2.05) is 12.1 Å². The van der Waals surface area contributed by atoms with Crippen LogP contribution in [-0.2, 0) is 6.42 Å². The molecular weight excluding hydrogens is 373 g/mol. The van der Waals surface area contributed by atoms with Crippen LogP contribution in [0.2, 0.25) is 0 Å². The van der Waals surface area contributed by atoms with E-state index >= 15 is 0 Å². The Kier molecular flexibility index (Phi) is 6.63. The second kappa shape index (κ2) is 9.54. The summed E-state index contributed by atoms with van der Waals surface area (Å²) < 4.78 is 23.4. The van der Waals surface area contributed by atoms with Crippen LogP contribution in [0, 0.1) is 5.82 Å². The third kappa shape index (κ3) is 5.44. The number of amides is 1. The SMILES string of the molecule is COc1ccc(Nc2ccc(C(=O)NCCc3ccc(F)cc3)nc2)cc1OC. The first kappa shape index (κ1) is 20.1. The highest BCUT2D eigenvalue weighted by Gasteiger charge is 2.08. The molecule has 0 bridgehead atoms. The number of benzene rings is 2. The highest BCUT2D eigenvalue weighted by atomic mass is 19.1. The van der Waals surface area contributed by atoms with E-state index in [1.165, 1.54) is 12.1 Å². The van der Waals surface area contributed by atoms with Gasteiger partial charge in [0, 0.05) is 18.3 Å². The predicted molar refractivity (Wildman–Crippen MR) is 110 cm³/mol. The summed E-state index contributed by atoms with van der Waals surface area (Å²) in [4.78, 5) is 16.4. The van der Waals surface area contributed by atoms with Gasteiger partial charge in [0.2, 0.25) is 0 Å². The Morgan fingerprint density at radius 3 is 2.34 bits per heavy atom. The Morgan fingerprint density at radius 1 is 0.966 bits per heavy atom. The number of carbonyl (C=O) groups excluding carboxylic acids is 1. The van der Waals surface area contributed by atoms with Gasteiger partial charge in [-0.3, -0.25) is 4.79 Å². The second-order valence-electron chi connectivity index (χ2n) is 6.26. The highest BCUT2D eigenvalue weighted by molar-refractivity contribution is 5.92. The van der Waals surface area contributed by atoms with Gasteiger partial charge < -0.3 is 20.1 Å². The summed E-state index contributed by atoms with van der Waals surface area (Å²) in [5.41, 5.74) is 2.82. The van der Waals surface area contributed by atoms with E-state index in [0.29, 0.717) is 30.2 Å². The fourth-order valence-corrected chi connectivity index (χ4v) is 2.74. The molecule has 3 rings (SSSR count). The average Bonchev–Trinajstić information content (AvgIpc) is 2.75. The number of hydrogen-bond acceptors (Lipinski definition) is 5. The number of pyridine rings is 1. The third-order valence-corrected chi connectivity index (χ3v) is 4.28. The van der Waals surface area contributed by atoms with Crippen LogP contribution in [0.25, 0.3) is 0 Å². The summed E-state index contributed by atoms with van der Waals surface area (Å²) in [5.74, 6) is 0.722. The molecule has 0 fully saturated rings. The Bertz CT molecular complexity index is 960. The number of anilines is 2. The molecule has 150 valence electrons. The van der Waals surface area contributed by atoms with Crippen molar-refractivity contribution in [1.82, 2.24) is 10.3 Å². The van der Waals surface area contributed by atoms with Crippen LogP contribution in [0.5, 0.6) is 11.5 Å². The quantitative estimate of drug-likeness (QED) is 0.604. The van der Waals surface area contributed by atoms with Crippen molar-refractivity contribution in [1.29, 1.82) is 0 Å². The van der Waals surface area contributed by atoms with Crippen molar-refractivity contribution in [3.8, 4) is 11.5 Å². The standard InChI is InChI=1S/C22H22FN3O3/c1-28-20-10-8-17(13-21(20)29-2)26-18-7-9-19(25-14-18)22(27)24-12-11-15-3-5-16(23)6-4-15/h3-10,13-14,26H,11-12H2,1-2H3,(H,24,27). The lowest BCUT2D eigenvalue weighted by atomic mass is 10.1. The van der Waals surface area contributed by atoms with Crippen molar-refractivity contribution in [2.24, 2.45) is 0 Å². The molecule has 6 nitrogen and oxygen atoms in total. The summed E-state index contributed by atoms with van der Waals surface area (Å²) in [6.45, 7) is 0.442. The maximum absolute atomic E-state index is 12.9. The predicted octanol–water partition coefficient (Wildman–Crippen LogP) is 3.95. The molecule has 0 aliphatic rings. The van der Waals surface area contributed by atoms with E-state index in [4.69, 9.17) is 9.47 Å². The van der Waals surface area contributed by atoms with Gasteiger partial charge in [0.05, 0.1) is 26.1 Å². The van der Waals surface area contributed by atoms with E-state index in [1.54, 1.807) is 50.7 Å². The lowest BCUT2D eigenvalue weighted by Crippen LogP contribution is -2.26. The van der Waals surface area contributed by atoms with E-state index in [0.717, 1.165) is 16.9 Å². The molecule has 3 aromatic rings. The Morgan fingerprint density at radius 2 is 1.69 bits per heavy atom. The molecule has 0 aliphatic carbocycles. The second-order valence-corrected chi connectivity index (χ2v) is 6.26. The summed E-state index contributed by atoms with van der Waals surface area (Å²) in [6, 6.07) is 15.1. The van der Waals surface area contributed by atoms with Crippen LogP contribution in [0.3, 0.4) is 0 Å². The molecule has 0 saturated heterocycles. The number of ether oxygens (including phenoxy) is 2. The minimum Gasteiger partial charge on any atom is -0.493 e. The monoisotopic (exact) mass is 395 g/mol. The Labute approximate surface area is 168 Å². The first-order valence-electron chi connectivity index (χ1n) is 9.07. The minimum atomic E-state index is -0.274. The van der Waals surface area contributed by atoms with Gasteiger partial charge in [0.15, 0.2) is 11.5 Å². The Hall–Kier alpha value is -3.61. The molecule has 7 heteroatoms. The van der Waals surface area contributed by atoms with Crippen LogP contribution < -0.4 is 20.1 Å². The van der Waals surface area contributed by atoms with Crippen molar-refractivity contribution in [2.45, 2.75) is 6.42 Å². The van der Waals surface area contributed by atoms with Gasteiger partial charge in [-0.1, -0.05) is 12.1 Å². The number of nitrogens with one attached hydrogen (secondary N) is 2. The molecular formula is C22H22FN3O3. The van der Waals surface area contributed by atoms with Gasteiger partial charge >= 0.3 is 0 Å². The zero-order valence-electron chi connectivity index (χ0n) is 16.2. The maximum Gasteiger partial charge on any atom is 0.269 e. The number of methoxy groups -OCH3 is 2.